The van der Waals surface area contributed by atoms with Crippen LogP contribution in [-0.2, 0) is 23.2 Å². The topological polar surface area (TPSA) is 0 Å². The number of hydrogen-bond donors (Lipinski definition) is 0. The standard InChI is InChI=1S/C6H11.C5H5.ClH.Zr/c1-2-4-6-5-3-1;1-2-4-5-3-1;;/h1H,2-6H2;1-3H,4H2;1H;. The molecule has 0 spiro atoms. The second kappa shape index (κ2) is 6.20. The van der Waals surface area contributed by atoms with E-state index in [9.17, 15) is 0 Å². The van der Waals surface area contributed by atoms with Crippen LogP contribution >= 0.6 is 12.4 Å². The summed E-state index contributed by atoms with van der Waals surface area (Å²) in [5.74, 6) is 0. The third-order valence-electron chi connectivity index (χ3n) is 2.77. The Bertz CT molecular complexity index is 202. The molecule has 0 saturated heterocycles. The molecule has 2 heteroatoms. The molecule has 0 atom stereocenters. The molecule has 2 aliphatic carbocycles. The van der Waals surface area contributed by atoms with E-state index in [4.69, 9.17) is 0 Å². The summed E-state index contributed by atoms with van der Waals surface area (Å²) in [5.41, 5.74) is 0. The van der Waals surface area contributed by atoms with Gasteiger partial charge < -0.3 is 0 Å². The summed E-state index contributed by atoms with van der Waals surface area (Å²) in [7, 11) is 0. The Balaban J connectivity index is 0.000000845. The van der Waals surface area contributed by atoms with Gasteiger partial charge in [0.05, 0.1) is 0 Å². The van der Waals surface area contributed by atoms with Gasteiger partial charge in [-0.15, -0.1) is 12.4 Å². The molecule has 0 unspecified atom stereocenters. The maximum Gasteiger partial charge on any atom is -0.147 e. The van der Waals surface area contributed by atoms with Gasteiger partial charge in [0.2, 0.25) is 0 Å². The first-order valence-electron chi connectivity index (χ1n) is 5.07. The van der Waals surface area contributed by atoms with Crippen molar-refractivity contribution in [3.05, 3.63) is 21.5 Å². The predicted octanol–water partition coefficient (Wildman–Crippen LogP) is 4.09. The smallest absolute Gasteiger partial charge is 0.147 e. The van der Waals surface area contributed by atoms with Crippen LogP contribution in [0.1, 0.15) is 38.5 Å². The first kappa shape index (κ1) is 11.7. The van der Waals surface area contributed by atoms with Gasteiger partial charge in [-0.25, -0.2) is 0 Å². The van der Waals surface area contributed by atoms with Gasteiger partial charge >= 0.3 is 86.9 Å². The normalized spacial score (nSPS) is 22.3. The fourth-order valence-electron chi connectivity index (χ4n) is 2.06. The molecule has 1 fully saturated rings. The first-order chi connectivity index (χ1) is 5.95. The fraction of sp³-hybridized carbons (Fsp3) is 0.636. The van der Waals surface area contributed by atoms with E-state index in [0.29, 0.717) is 0 Å². The Kier molecular flexibility index (Phi) is 5.59. The van der Waals surface area contributed by atoms with Crippen LogP contribution < -0.4 is 0 Å². The van der Waals surface area contributed by atoms with E-state index in [1.165, 1.54) is 29.3 Å². The van der Waals surface area contributed by atoms with Crippen molar-refractivity contribution in [3.63, 3.8) is 0 Å². The van der Waals surface area contributed by atoms with Crippen LogP contribution in [0.4, 0.5) is 0 Å². The molecule has 0 heterocycles. The van der Waals surface area contributed by atoms with Crippen molar-refractivity contribution in [2.45, 2.75) is 42.2 Å². The van der Waals surface area contributed by atoms with Gasteiger partial charge in [-0.3, -0.25) is 0 Å². The number of hydrogen-bond acceptors (Lipinski definition) is 0. The van der Waals surface area contributed by atoms with E-state index in [1.54, 1.807) is 12.8 Å². The Morgan fingerprint density at radius 1 is 1.15 bits per heavy atom. The Hall–Kier alpha value is 0.653. The molecule has 2 aliphatic rings. The van der Waals surface area contributed by atoms with Crippen LogP contribution in [0, 0.1) is 0 Å². The molecule has 0 aromatic rings. The zero-order valence-corrected chi connectivity index (χ0v) is 11.2. The number of halogens is 1. The van der Waals surface area contributed by atoms with Crippen molar-refractivity contribution in [1.82, 2.24) is 0 Å². The third kappa shape index (κ3) is 3.72. The molecule has 0 aromatic heterocycles. The summed E-state index contributed by atoms with van der Waals surface area (Å²) in [6.45, 7) is 0. The zero-order valence-electron chi connectivity index (χ0n) is 7.96. The molecule has 72 valence electrons. The van der Waals surface area contributed by atoms with E-state index in [2.05, 4.69) is 18.2 Å². The second-order valence-electron chi connectivity index (χ2n) is 3.80. The molecule has 0 aliphatic heterocycles. The largest absolute Gasteiger partial charge is 0.147 e. The molecule has 13 heavy (non-hydrogen) atoms. The van der Waals surface area contributed by atoms with Gasteiger partial charge in [-0.1, -0.05) is 0 Å². The average molecular weight is 276 g/mol. The van der Waals surface area contributed by atoms with Gasteiger partial charge in [0.1, 0.15) is 0 Å². The number of rotatable bonds is 2. The van der Waals surface area contributed by atoms with Crippen molar-refractivity contribution in [3.8, 4) is 0 Å². The van der Waals surface area contributed by atoms with Crippen molar-refractivity contribution in [1.29, 1.82) is 0 Å². The van der Waals surface area contributed by atoms with E-state index < -0.39 is 0 Å². The zero-order chi connectivity index (χ0) is 8.23. The Morgan fingerprint density at radius 3 is 2.54 bits per heavy atom. The SMILES string of the molecule is C1=CC[C]([Zr][CH]2CCCCC2)=C1.Cl. The van der Waals surface area contributed by atoms with Gasteiger partial charge in [0, 0.05) is 0 Å². The quantitative estimate of drug-likeness (QED) is 0.712. The average Bonchev–Trinajstić information content (AvgIpc) is 2.59. The van der Waals surface area contributed by atoms with Crippen molar-refractivity contribution in [2.24, 2.45) is 0 Å². The predicted molar refractivity (Wildman–Crippen MR) is 55.9 cm³/mol. The molecule has 0 bridgehead atoms. The number of allylic oxidation sites excluding steroid dienone is 4. The molecule has 0 amide bonds. The molecule has 2 rings (SSSR count). The summed E-state index contributed by atoms with van der Waals surface area (Å²) < 4.78 is 3.03. The second-order valence-corrected chi connectivity index (χ2v) is 8.10. The van der Waals surface area contributed by atoms with Gasteiger partial charge in [-0.05, 0) is 0 Å². The molecular formula is C11H17ClZr. The van der Waals surface area contributed by atoms with Gasteiger partial charge in [-0.2, -0.15) is 0 Å². The van der Waals surface area contributed by atoms with Crippen molar-refractivity contribution in [2.75, 3.05) is 0 Å². The van der Waals surface area contributed by atoms with Crippen LogP contribution in [-0.4, -0.2) is 0 Å². The van der Waals surface area contributed by atoms with Crippen LogP contribution in [0.2, 0.25) is 3.63 Å². The van der Waals surface area contributed by atoms with Crippen LogP contribution in [0.5, 0.6) is 0 Å². The summed E-state index contributed by atoms with van der Waals surface area (Å²) >= 11 is -0.137. The maximum absolute atomic E-state index is 2.39. The fourth-order valence-corrected chi connectivity index (χ4v) is 6.12. The summed E-state index contributed by atoms with van der Waals surface area (Å²) in [5, 5.41) is 0. The molecule has 0 aromatic carbocycles. The maximum atomic E-state index is 2.39. The van der Waals surface area contributed by atoms with Gasteiger partial charge in [0.15, 0.2) is 0 Å². The first-order valence-corrected chi connectivity index (χ1v) is 7.72. The van der Waals surface area contributed by atoms with Gasteiger partial charge in [0.25, 0.3) is 0 Å². The monoisotopic (exact) mass is 274 g/mol. The minimum absolute atomic E-state index is 0. The summed E-state index contributed by atoms with van der Waals surface area (Å²) in [6.07, 6.45) is 15.9. The van der Waals surface area contributed by atoms with E-state index in [-0.39, 0.29) is 35.6 Å². The van der Waals surface area contributed by atoms with Crippen LogP contribution in [0.15, 0.2) is 21.5 Å². The minimum atomic E-state index is -0.137. The van der Waals surface area contributed by atoms with E-state index in [1.807, 2.05) is 3.28 Å². The molecule has 1 saturated carbocycles. The van der Waals surface area contributed by atoms with E-state index in [0.717, 1.165) is 0 Å². The molecule has 0 nitrogen and oxygen atoms in total. The van der Waals surface area contributed by atoms with Crippen LogP contribution in [0.3, 0.4) is 0 Å². The van der Waals surface area contributed by atoms with Crippen molar-refractivity contribution >= 4 is 12.4 Å². The Morgan fingerprint density at radius 2 is 1.92 bits per heavy atom. The summed E-state index contributed by atoms with van der Waals surface area (Å²) in [6, 6.07) is 0. The van der Waals surface area contributed by atoms with Crippen LogP contribution in [0.25, 0.3) is 0 Å². The minimum Gasteiger partial charge on any atom is -0.147 e. The Labute approximate surface area is 98.8 Å². The summed E-state index contributed by atoms with van der Waals surface area (Å²) in [4.78, 5) is 0. The van der Waals surface area contributed by atoms with E-state index >= 15 is 0 Å². The third-order valence-corrected chi connectivity index (χ3v) is 7.01. The molecular weight excluding hydrogens is 259 g/mol. The molecule has 0 N–H and O–H groups in total. The van der Waals surface area contributed by atoms with Crippen molar-refractivity contribution < 1.29 is 23.2 Å². The molecule has 0 radical (unpaired) electrons.